The van der Waals surface area contributed by atoms with Gasteiger partial charge in [0.05, 0.1) is 30.4 Å². The summed E-state index contributed by atoms with van der Waals surface area (Å²) in [6.07, 6.45) is 3.35. The summed E-state index contributed by atoms with van der Waals surface area (Å²) in [6.45, 7) is -0.187. The number of aromatic carboxylic acids is 1. The number of benzene rings is 3. The van der Waals surface area contributed by atoms with Gasteiger partial charge in [-0.2, -0.15) is 0 Å². The average molecular weight is 695 g/mol. The zero-order chi connectivity index (χ0) is 32.5. The summed E-state index contributed by atoms with van der Waals surface area (Å²) in [5.74, 6) is -4.29. The number of carboxylic acids is 1. The largest absolute Gasteiger partial charge is 0.478 e. The molecule has 0 unspecified atom stereocenters. The maximum absolute atomic E-state index is 14.7. The minimum absolute atomic E-state index is 0. The summed E-state index contributed by atoms with van der Waals surface area (Å²) in [5, 5.41) is 9.75. The van der Waals surface area contributed by atoms with E-state index in [0.29, 0.717) is 35.4 Å². The van der Waals surface area contributed by atoms with E-state index >= 15 is 0 Å². The van der Waals surface area contributed by atoms with Gasteiger partial charge in [0, 0.05) is 27.7 Å². The molecule has 3 N–H and O–H groups in total. The molecule has 5 rings (SSSR count). The monoisotopic (exact) mass is 693 g/mol. The Hall–Kier alpha value is -3.55. The van der Waals surface area contributed by atoms with Gasteiger partial charge in [0.2, 0.25) is 10.0 Å². The molecule has 3 aromatic rings. The molecule has 2 amide bonds. The second-order valence-corrected chi connectivity index (χ2v) is 13.8. The fraction of sp³-hybridized carbons (Fsp3) is 0.344. The Balaban J connectivity index is 0.00000480. The molecule has 1 aliphatic heterocycles. The number of nitrogens with zero attached hydrogens (tertiary/aromatic N) is 1. The normalized spacial score (nSPS) is 21.2. The quantitative estimate of drug-likeness (QED) is 0.239. The van der Waals surface area contributed by atoms with Crippen molar-refractivity contribution in [3.8, 4) is 0 Å². The fourth-order valence-electron chi connectivity index (χ4n) is 6.20. The van der Waals surface area contributed by atoms with Crippen LogP contribution in [0.2, 0.25) is 10.0 Å². The Kier molecular flexibility index (Phi) is 11.1. The number of hydroxylamine groups is 1. The minimum atomic E-state index is -3.67. The summed E-state index contributed by atoms with van der Waals surface area (Å²) in [4.78, 5) is 46.7. The van der Waals surface area contributed by atoms with Crippen LogP contribution in [0, 0.1) is 5.82 Å². The topological polar surface area (TPSA) is 142 Å². The third-order valence-corrected chi connectivity index (χ3v) is 9.32. The maximum atomic E-state index is 14.7. The van der Waals surface area contributed by atoms with Gasteiger partial charge in [-0.05, 0) is 72.0 Å². The maximum Gasteiger partial charge on any atom is 0.335 e. The first kappa shape index (κ1) is 35.3. The summed E-state index contributed by atoms with van der Waals surface area (Å²) in [6, 6.07) is 11.7. The van der Waals surface area contributed by atoms with Gasteiger partial charge in [-0.25, -0.2) is 27.8 Å². The van der Waals surface area contributed by atoms with Gasteiger partial charge in [-0.3, -0.25) is 14.4 Å². The van der Waals surface area contributed by atoms with E-state index in [9.17, 15) is 32.3 Å². The van der Waals surface area contributed by atoms with Crippen molar-refractivity contribution in [3.05, 3.63) is 104 Å². The fourth-order valence-corrected chi connectivity index (χ4v) is 7.54. The van der Waals surface area contributed by atoms with Crippen molar-refractivity contribution in [1.29, 1.82) is 0 Å². The highest BCUT2D eigenvalue weighted by molar-refractivity contribution is 7.88. The van der Waals surface area contributed by atoms with E-state index in [-0.39, 0.29) is 35.7 Å². The molecule has 1 saturated carbocycles. The van der Waals surface area contributed by atoms with Gasteiger partial charge >= 0.3 is 5.97 Å². The van der Waals surface area contributed by atoms with E-state index in [0.717, 1.165) is 24.8 Å². The first-order valence-electron chi connectivity index (χ1n) is 14.1. The molecule has 0 saturated heterocycles. The Morgan fingerprint density at radius 3 is 2.48 bits per heavy atom. The minimum Gasteiger partial charge on any atom is -0.478 e. The molecule has 0 radical (unpaired) electrons. The first-order chi connectivity index (χ1) is 21.3. The zero-order valence-electron chi connectivity index (χ0n) is 24.0. The van der Waals surface area contributed by atoms with E-state index in [1.165, 1.54) is 35.2 Å². The lowest BCUT2D eigenvalue weighted by Gasteiger charge is -2.49. The molecule has 0 bridgehead atoms. The molecule has 3 aromatic carbocycles. The third kappa shape index (κ3) is 7.69. The number of carbonyl (C=O) groups excluding carboxylic acids is 2. The van der Waals surface area contributed by atoms with Gasteiger partial charge in [-0.1, -0.05) is 61.7 Å². The van der Waals surface area contributed by atoms with Crippen LogP contribution in [0.5, 0.6) is 0 Å². The zero-order valence-corrected chi connectivity index (χ0v) is 26.3. The van der Waals surface area contributed by atoms with E-state index in [1.807, 2.05) is 0 Å². The number of carboxylic acid groups (broad SMARTS) is 1. The number of rotatable bonds is 9. The SMILES string of the molecule is C.CS(=O)(=O)N[C@H]1CCCC[C@@H]1N1C(=O)c2ccc(F)cc2[C@@H](C(=O)NOCc2cccc(C(=O)O)c2)[C@@H]1c1ccc(Cl)cc1Cl. The standard InChI is InChI=1S/C31H30Cl2FN3O7S.CH4/c1-45(42,43)36-25-7-2-3-8-26(25)37-28(22-11-9-19(32)14-24(22)33)27(23-15-20(34)10-12-21(23)30(37)39)29(38)35-44-16-17-5-4-6-18(13-17)31(40)41;/h4-6,9-15,25-28,36H,2-3,7-8,16H2,1H3,(H,35,38)(H,40,41);1H4/t25-,26-,27+,28-;/m0./s1. The average Bonchev–Trinajstić information content (AvgIpc) is 2.97. The molecule has 246 valence electrons. The highest BCUT2D eigenvalue weighted by Crippen LogP contribution is 2.48. The molecule has 1 fully saturated rings. The van der Waals surface area contributed by atoms with Gasteiger partial charge in [0.1, 0.15) is 5.82 Å². The lowest BCUT2D eigenvalue weighted by molar-refractivity contribution is -0.138. The van der Waals surface area contributed by atoms with Gasteiger partial charge in [0.15, 0.2) is 0 Å². The molecule has 0 aromatic heterocycles. The van der Waals surface area contributed by atoms with Crippen LogP contribution in [-0.2, 0) is 26.3 Å². The van der Waals surface area contributed by atoms with Crippen molar-refractivity contribution >= 4 is 51.0 Å². The lowest BCUT2D eigenvalue weighted by atomic mass is 9.76. The molecule has 0 spiro atoms. The van der Waals surface area contributed by atoms with Crippen molar-refractivity contribution in [2.24, 2.45) is 0 Å². The summed E-state index contributed by atoms with van der Waals surface area (Å²) in [5.41, 5.74) is 3.44. The van der Waals surface area contributed by atoms with E-state index in [1.54, 1.807) is 18.2 Å². The molecular formula is C32H34Cl2FN3O7S. The lowest BCUT2D eigenvalue weighted by Crippen LogP contribution is -2.59. The third-order valence-electron chi connectivity index (χ3n) is 8.03. The molecule has 4 atom stereocenters. The molecule has 1 heterocycles. The number of hydrogen-bond donors (Lipinski definition) is 3. The predicted molar refractivity (Wildman–Crippen MR) is 172 cm³/mol. The highest BCUT2D eigenvalue weighted by Gasteiger charge is 2.49. The van der Waals surface area contributed by atoms with Crippen LogP contribution in [-0.4, -0.2) is 54.5 Å². The number of fused-ring (bicyclic) bond motifs is 1. The van der Waals surface area contributed by atoms with Crippen molar-refractivity contribution in [1.82, 2.24) is 15.1 Å². The Morgan fingerprint density at radius 1 is 1.04 bits per heavy atom. The Morgan fingerprint density at radius 2 is 1.78 bits per heavy atom. The van der Waals surface area contributed by atoms with Crippen molar-refractivity contribution in [2.45, 2.75) is 63.8 Å². The number of halogens is 3. The van der Waals surface area contributed by atoms with Crippen LogP contribution >= 0.6 is 23.2 Å². The van der Waals surface area contributed by atoms with Crippen LogP contribution in [0.4, 0.5) is 4.39 Å². The van der Waals surface area contributed by atoms with Gasteiger partial charge in [0.25, 0.3) is 11.8 Å². The molecule has 2 aliphatic rings. The molecular weight excluding hydrogens is 660 g/mol. The molecule has 14 heteroatoms. The molecule has 1 aliphatic carbocycles. The summed E-state index contributed by atoms with van der Waals surface area (Å²) < 4.78 is 42.1. The number of sulfonamides is 1. The second-order valence-electron chi connectivity index (χ2n) is 11.1. The number of carbonyl (C=O) groups is 3. The smallest absolute Gasteiger partial charge is 0.335 e. The number of amides is 2. The van der Waals surface area contributed by atoms with Crippen molar-refractivity contribution in [2.75, 3.05) is 6.26 Å². The van der Waals surface area contributed by atoms with Crippen molar-refractivity contribution in [3.63, 3.8) is 0 Å². The van der Waals surface area contributed by atoms with Crippen LogP contribution in [0.3, 0.4) is 0 Å². The van der Waals surface area contributed by atoms with E-state index in [2.05, 4.69) is 10.2 Å². The van der Waals surface area contributed by atoms with E-state index in [4.69, 9.17) is 28.0 Å². The summed E-state index contributed by atoms with van der Waals surface area (Å²) in [7, 11) is -3.67. The number of hydrogen-bond acceptors (Lipinski definition) is 6. The Bertz CT molecular complexity index is 1760. The first-order valence-corrected chi connectivity index (χ1v) is 16.8. The second kappa shape index (κ2) is 14.5. The molecule has 46 heavy (non-hydrogen) atoms. The van der Waals surface area contributed by atoms with Crippen molar-refractivity contribution < 1.29 is 37.1 Å². The van der Waals surface area contributed by atoms with E-state index < -0.39 is 57.7 Å². The summed E-state index contributed by atoms with van der Waals surface area (Å²) >= 11 is 12.9. The number of nitrogens with one attached hydrogen (secondary N) is 2. The van der Waals surface area contributed by atoms with Crippen LogP contribution in [0.15, 0.2) is 60.7 Å². The van der Waals surface area contributed by atoms with Crippen LogP contribution in [0.1, 0.15) is 82.5 Å². The van der Waals surface area contributed by atoms with Gasteiger partial charge in [-0.15, -0.1) is 0 Å². The Labute approximate surface area is 276 Å². The van der Waals surface area contributed by atoms with Crippen LogP contribution in [0.25, 0.3) is 0 Å². The molecule has 10 nitrogen and oxygen atoms in total. The predicted octanol–water partition coefficient (Wildman–Crippen LogP) is 5.86. The highest BCUT2D eigenvalue weighted by atomic mass is 35.5. The van der Waals surface area contributed by atoms with Gasteiger partial charge < -0.3 is 10.0 Å². The van der Waals surface area contributed by atoms with Crippen LogP contribution < -0.4 is 10.2 Å².